The Kier molecular flexibility index (Phi) is 6.74. The fourth-order valence-electron chi connectivity index (χ4n) is 4.22. The van der Waals surface area contributed by atoms with Crippen molar-refractivity contribution in [2.24, 2.45) is 0 Å². The lowest BCUT2D eigenvalue weighted by atomic mass is 9.84. The van der Waals surface area contributed by atoms with Crippen LogP contribution in [0.15, 0.2) is 28.8 Å². The van der Waals surface area contributed by atoms with Gasteiger partial charge in [-0.05, 0) is 53.1 Å². The zero-order chi connectivity index (χ0) is 20.2. The van der Waals surface area contributed by atoms with Crippen molar-refractivity contribution in [1.82, 2.24) is 20.4 Å². The van der Waals surface area contributed by atoms with Crippen LogP contribution >= 0.6 is 0 Å². The van der Waals surface area contributed by atoms with Gasteiger partial charge < -0.3 is 13.8 Å². The van der Waals surface area contributed by atoms with E-state index in [1.54, 1.807) is 0 Å². The molecule has 0 bridgehead atoms. The second-order valence-corrected chi connectivity index (χ2v) is 9.35. The Labute approximate surface area is 175 Å². The van der Waals surface area contributed by atoms with E-state index in [4.69, 9.17) is 14.6 Å². The van der Waals surface area contributed by atoms with Crippen LogP contribution in [-0.4, -0.2) is 63.5 Å². The van der Waals surface area contributed by atoms with Crippen LogP contribution in [0.25, 0.3) is 0 Å². The molecular weight excluding hydrogens is 388 g/mol. The Morgan fingerprint density at radius 1 is 1.21 bits per heavy atom. The van der Waals surface area contributed by atoms with Crippen molar-refractivity contribution in [2.45, 2.75) is 44.7 Å². The molecule has 157 valence electrons. The number of hydrogen-bond donors (Lipinski definition) is 0. The van der Waals surface area contributed by atoms with Crippen molar-refractivity contribution in [1.29, 1.82) is 0 Å². The highest BCUT2D eigenvalue weighted by atomic mass is 32.2. The Balaban J connectivity index is 1.56. The minimum absolute atomic E-state index is 0.000850. The van der Waals surface area contributed by atoms with E-state index in [9.17, 15) is 4.55 Å². The van der Waals surface area contributed by atoms with Crippen molar-refractivity contribution in [3.63, 3.8) is 0 Å². The summed E-state index contributed by atoms with van der Waals surface area (Å²) in [6.07, 6.45) is 1.97. The highest BCUT2D eigenvalue weighted by Crippen LogP contribution is 2.37. The summed E-state index contributed by atoms with van der Waals surface area (Å²) >= 11 is -0.793. The average Bonchev–Trinajstić information content (AvgIpc) is 3.22. The summed E-state index contributed by atoms with van der Waals surface area (Å²) in [6, 6.07) is 9.19. The maximum absolute atomic E-state index is 12.1. The minimum Gasteiger partial charge on any atom is -0.616 e. The second-order valence-electron chi connectivity index (χ2n) is 7.72. The van der Waals surface area contributed by atoms with Gasteiger partial charge in [0, 0.05) is 13.1 Å². The number of ether oxygens (including phenoxy) is 1. The van der Waals surface area contributed by atoms with E-state index in [0.29, 0.717) is 42.5 Å². The maximum Gasteiger partial charge on any atom is 0.354 e. The van der Waals surface area contributed by atoms with Gasteiger partial charge in [-0.25, -0.2) is 5.32 Å². The number of nitrogens with zero attached hydrogens (tertiary/aromatic N) is 4. The summed E-state index contributed by atoms with van der Waals surface area (Å²) in [6.45, 7) is 6.93. The molecule has 4 atom stereocenters. The molecule has 0 spiro atoms. The summed E-state index contributed by atoms with van der Waals surface area (Å²) in [4.78, 5) is 6.81. The van der Waals surface area contributed by atoms with Gasteiger partial charge in [-0.15, -0.1) is 0 Å². The average molecular weight is 418 g/mol. The molecule has 8 heteroatoms. The van der Waals surface area contributed by atoms with E-state index in [2.05, 4.69) is 46.2 Å². The number of likely N-dealkylation sites (tertiary alicyclic amines) is 1. The molecule has 29 heavy (non-hydrogen) atoms. The molecule has 2 aliphatic heterocycles. The van der Waals surface area contributed by atoms with Gasteiger partial charge in [0.05, 0.1) is 19.1 Å². The van der Waals surface area contributed by atoms with Crippen LogP contribution in [0.5, 0.6) is 6.01 Å². The summed E-state index contributed by atoms with van der Waals surface area (Å²) in [5.74, 6) is 2.35. The standard InChI is InChI=1S/C21H29N4O3S/c1-3-15-5-7-16(8-6-15)17-11-18(20-23-21(24-28-20)27-4-2)13-25(12-17)19-14-29(26)10-9-22-19/h5-8,17-19H,3-4,9-14H2,1-2H3. The molecule has 1 aromatic heterocycles. The van der Waals surface area contributed by atoms with Gasteiger partial charge in [-0.2, -0.15) is 4.98 Å². The summed E-state index contributed by atoms with van der Waals surface area (Å²) in [7, 11) is 0. The lowest BCUT2D eigenvalue weighted by Crippen LogP contribution is -2.55. The quantitative estimate of drug-likeness (QED) is 0.670. The van der Waals surface area contributed by atoms with E-state index in [1.807, 2.05) is 6.92 Å². The third-order valence-corrected chi connectivity index (χ3v) is 7.11. The number of hydrogen-bond acceptors (Lipinski definition) is 6. The van der Waals surface area contributed by atoms with Gasteiger partial charge in [0.1, 0.15) is 17.7 Å². The molecule has 1 radical (unpaired) electrons. The first-order valence-electron chi connectivity index (χ1n) is 10.5. The van der Waals surface area contributed by atoms with Crippen molar-refractivity contribution in [2.75, 3.05) is 37.7 Å². The van der Waals surface area contributed by atoms with Crippen molar-refractivity contribution in [3.8, 4) is 6.01 Å². The monoisotopic (exact) mass is 417 g/mol. The fraction of sp³-hybridized carbons (Fsp3) is 0.619. The molecule has 1 aromatic carbocycles. The molecule has 2 fully saturated rings. The zero-order valence-electron chi connectivity index (χ0n) is 17.1. The van der Waals surface area contributed by atoms with Crippen LogP contribution in [0.4, 0.5) is 0 Å². The van der Waals surface area contributed by atoms with Crippen LogP contribution in [-0.2, 0) is 17.6 Å². The highest BCUT2D eigenvalue weighted by Gasteiger charge is 2.38. The number of benzene rings is 1. The van der Waals surface area contributed by atoms with Crippen LogP contribution < -0.4 is 10.1 Å². The maximum atomic E-state index is 12.1. The second kappa shape index (κ2) is 9.47. The third-order valence-electron chi connectivity index (χ3n) is 5.80. The minimum atomic E-state index is -0.793. The summed E-state index contributed by atoms with van der Waals surface area (Å²) in [5, 5.41) is 8.72. The van der Waals surface area contributed by atoms with Crippen LogP contribution in [0, 0.1) is 0 Å². The molecule has 0 N–H and O–H groups in total. The summed E-state index contributed by atoms with van der Waals surface area (Å²) < 4.78 is 23.0. The van der Waals surface area contributed by atoms with E-state index in [1.165, 1.54) is 11.1 Å². The predicted molar refractivity (Wildman–Crippen MR) is 112 cm³/mol. The van der Waals surface area contributed by atoms with Crippen LogP contribution in [0.2, 0.25) is 0 Å². The molecule has 0 aliphatic carbocycles. The third kappa shape index (κ3) is 4.94. The predicted octanol–water partition coefficient (Wildman–Crippen LogP) is 2.30. The number of rotatable bonds is 6. The van der Waals surface area contributed by atoms with Crippen molar-refractivity contribution in [3.05, 3.63) is 41.3 Å². The van der Waals surface area contributed by atoms with E-state index >= 15 is 0 Å². The highest BCUT2D eigenvalue weighted by molar-refractivity contribution is 7.91. The molecule has 7 nitrogen and oxygen atoms in total. The van der Waals surface area contributed by atoms with Gasteiger partial charge in [0.25, 0.3) is 0 Å². The Bertz CT molecular complexity index is 784. The topological polar surface area (TPSA) is 88.5 Å². The largest absolute Gasteiger partial charge is 0.616 e. The summed E-state index contributed by atoms with van der Waals surface area (Å²) in [5.41, 5.74) is 2.66. The number of piperidine rings is 1. The van der Waals surface area contributed by atoms with Crippen LogP contribution in [0.3, 0.4) is 0 Å². The molecule has 3 heterocycles. The Morgan fingerprint density at radius 2 is 2.00 bits per heavy atom. The normalized spacial score (nSPS) is 28.4. The molecular formula is C21H29N4O3S. The van der Waals surface area contributed by atoms with Gasteiger partial charge in [-0.3, -0.25) is 4.90 Å². The Hall–Kier alpha value is -1.61. The van der Waals surface area contributed by atoms with Crippen molar-refractivity contribution >= 4 is 11.2 Å². The first-order chi connectivity index (χ1) is 14.2. The van der Waals surface area contributed by atoms with E-state index in [-0.39, 0.29) is 12.1 Å². The SMILES string of the molecule is CCOc1noc(C2CC(c3ccc(CC)cc3)CN(C3C[S+]([O-])CC[N]3)C2)n1. The molecule has 0 amide bonds. The van der Waals surface area contributed by atoms with Crippen molar-refractivity contribution < 1.29 is 13.8 Å². The number of aromatic nitrogens is 2. The van der Waals surface area contributed by atoms with E-state index in [0.717, 1.165) is 25.9 Å². The molecule has 4 rings (SSSR count). The Morgan fingerprint density at radius 3 is 2.72 bits per heavy atom. The zero-order valence-corrected chi connectivity index (χ0v) is 17.9. The number of aryl methyl sites for hydroxylation is 1. The smallest absolute Gasteiger partial charge is 0.354 e. The fourth-order valence-corrected chi connectivity index (χ4v) is 5.35. The first-order valence-corrected chi connectivity index (χ1v) is 12.0. The van der Waals surface area contributed by atoms with Gasteiger partial charge >= 0.3 is 6.01 Å². The molecule has 2 aliphatic rings. The molecule has 2 saturated heterocycles. The lowest BCUT2D eigenvalue weighted by molar-refractivity contribution is 0.109. The van der Waals surface area contributed by atoms with Gasteiger partial charge in [-0.1, -0.05) is 31.2 Å². The first kappa shape index (κ1) is 20.7. The molecule has 0 saturated carbocycles. The van der Waals surface area contributed by atoms with Crippen LogP contribution in [0.1, 0.15) is 49.1 Å². The van der Waals surface area contributed by atoms with Gasteiger partial charge in [0.15, 0.2) is 0 Å². The molecule has 2 aromatic rings. The lowest BCUT2D eigenvalue weighted by Gasteiger charge is -2.41. The molecule has 4 unspecified atom stereocenters. The van der Waals surface area contributed by atoms with E-state index < -0.39 is 11.2 Å². The van der Waals surface area contributed by atoms with Gasteiger partial charge in [0.2, 0.25) is 5.89 Å².